The average molecular weight is 303 g/mol. The molecule has 4 nitrogen and oxygen atoms in total. The molecule has 3 rings (SSSR count). The molecule has 2 heterocycles. The summed E-state index contributed by atoms with van der Waals surface area (Å²) in [7, 11) is 0. The number of aromatic amines is 1. The van der Waals surface area contributed by atoms with Crippen molar-refractivity contribution >= 4 is 16.9 Å². The zero-order valence-electron chi connectivity index (χ0n) is 12.9. The molecule has 2 aromatic heterocycles. The lowest BCUT2D eigenvalue weighted by atomic mass is 10.1. The van der Waals surface area contributed by atoms with Crippen LogP contribution >= 0.6 is 0 Å². The first-order valence-corrected chi connectivity index (χ1v) is 7.39. The molecule has 0 fully saturated rings. The SMILES string of the molecule is C#CCN(Cc1ccc(C)cc1)C(=O)c1c[nH]c2ncccc12. The molecule has 0 atom stereocenters. The molecule has 0 saturated carbocycles. The average Bonchev–Trinajstić information content (AvgIpc) is 3.00. The number of pyridine rings is 1. The molecule has 0 unspecified atom stereocenters. The van der Waals surface area contributed by atoms with E-state index in [1.807, 2.05) is 43.3 Å². The van der Waals surface area contributed by atoms with E-state index in [0.29, 0.717) is 17.8 Å². The molecular formula is C19H17N3O. The third-order valence-corrected chi connectivity index (χ3v) is 3.74. The van der Waals surface area contributed by atoms with Gasteiger partial charge in [0.05, 0.1) is 12.1 Å². The zero-order chi connectivity index (χ0) is 16.2. The highest BCUT2D eigenvalue weighted by Crippen LogP contribution is 2.19. The van der Waals surface area contributed by atoms with Gasteiger partial charge >= 0.3 is 0 Å². The van der Waals surface area contributed by atoms with Gasteiger partial charge in [0.2, 0.25) is 0 Å². The monoisotopic (exact) mass is 303 g/mol. The number of hydrogen-bond donors (Lipinski definition) is 1. The standard InChI is InChI=1S/C19H17N3O/c1-3-11-22(13-15-8-6-14(2)7-9-15)19(23)17-12-21-18-16(17)5-4-10-20-18/h1,4-10,12H,11,13H2,2H3,(H,20,21). The summed E-state index contributed by atoms with van der Waals surface area (Å²) in [5.74, 6) is 2.47. The highest BCUT2D eigenvalue weighted by atomic mass is 16.2. The van der Waals surface area contributed by atoms with Gasteiger partial charge in [-0.3, -0.25) is 4.79 Å². The normalized spacial score (nSPS) is 10.4. The molecule has 1 aromatic carbocycles. The summed E-state index contributed by atoms with van der Waals surface area (Å²) in [6.45, 7) is 2.78. The van der Waals surface area contributed by atoms with Crippen molar-refractivity contribution in [3.63, 3.8) is 0 Å². The maximum Gasteiger partial charge on any atom is 0.257 e. The Morgan fingerprint density at radius 1 is 1.30 bits per heavy atom. The number of rotatable bonds is 4. The number of aryl methyl sites for hydroxylation is 1. The first kappa shape index (κ1) is 14.9. The van der Waals surface area contributed by atoms with Crippen molar-refractivity contribution in [2.45, 2.75) is 13.5 Å². The van der Waals surface area contributed by atoms with Crippen LogP contribution in [0.15, 0.2) is 48.8 Å². The Morgan fingerprint density at radius 2 is 2.09 bits per heavy atom. The fourth-order valence-electron chi connectivity index (χ4n) is 2.53. The Kier molecular flexibility index (Phi) is 4.11. The fraction of sp³-hybridized carbons (Fsp3) is 0.158. The molecule has 1 N–H and O–H groups in total. The smallest absolute Gasteiger partial charge is 0.257 e. The van der Waals surface area contributed by atoms with Crippen molar-refractivity contribution < 1.29 is 4.79 Å². The van der Waals surface area contributed by atoms with Gasteiger partial charge in [-0.15, -0.1) is 6.42 Å². The molecule has 0 aliphatic rings. The van der Waals surface area contributed by atoms with Crippen LogP contribution in [-0.2, 0) is 6.54 Å². The maximum atomic E-state index is 12.9. The first-order chi connectivity index (χ1) is 11.2. The quantitative estimate of drug-likeness (QED) is 0.753. The summed E-state index contributed by atoms with van der Waals surface area (Å²) in [6, 6.07) is 11.8. The number of carbonyl (C=O) groups excluding carboxylic acids is 1. The predicted octanol–water partition coefficient (Wildman–Crippen LogP) is 3.15. The molecule has 4 heteroatoms. The molecule has 0 saturated heterocycles. The van der Waals surface area contributed by atoms with Crippen molar-refractivity contribution in [3.05, 3.63) is 65.5 Å². The van der Waals surface area contributed by atoms with Gasteiger partial charge in [-0.2, -0.15) is 0 Å². The highest BCUT2D eigenvalue weighted by molar-refractivity contribution is 6.05. The van der Waals surface area contributed by atoms with Gasteiger partial charge in [-0.1, -0.05) is 35.7 Å². The second kappa shape index (κ2) is 6.37. The largest absolute Gasteiger partial charge is 0.345 e. The number of H-pyrrole nitrogens is 1. The second-order valence-electron chi connectivity index (χ2n) is 5.45. The fourth-order valence-corrected chi connectivity index (χ4v) is 2.53. The minimum Gasteiger partial charge on any atom is -0.345 e. The van der Waals surface area contributed by atoms with E-state index in [9.17, 15) is 4.79 Å². The minimum absolute atomic E-state index is 0.0947. The van der Waals surface area contributed by atoms with Gasteiger partial charge in [-0.25, -0.2) is 4.98 Å². The molecule has 114 valence electrons. The van der Waals surface area contributed by atoms with E-state index in [2.05, 4.69) is 15.9 Å². The zero-order valence-corrected chi connectivity index (χ0v) is 12.9. The van der Waals surface area contributed by atoms with Crippen molar-refractivity contribution in [1.82, 2.24) is 14.9 Å². The van der Waals surface area contributed by atoms with Crippen molar-refractivity contribution in [2.24, 2.45) is 0 Å². The Morgan fingerprint density at radius 3 is 2.83 bits per heavy atom. The molecule has 0 spiro atoms. The number of benzene rings is 1. The molecule has 1 amide bonds. The molecule has 3 aromatic rings. The number of fused-ring (bicyclic) bond motifs is 1. The number of nitrogens with zero attached hydrogens (tertiary/aromatic N) is 2. The number of aromatic nitrogens is 2. The van der Waals surface area contributed by atoms with E-state index in [4.69, 9.17) is 6.42 Å². The van der Waals surface area contributed by atoms with E-state index >= 15 is 0 Å². The van der Waals surface area contributed by atoms with Crippen LogP contribution in [0.25, 0.3) is 11.0 Å². The van der Waals surface area contributed by atoms with Crippen LogP contribution in [0.4, 0.5) is 0 Å². The Hall–Kier alpha value is -3.06. The van der Waals surface area contributed by atoms with Gasteiger partial charge in [0.25, 0.3) is 5.91 Å². The maximum absolute atomic E-state index is 12.9. The summed E-state index contributed by atoms with van der Waals surface area (Å²) in [5.41, 5.74) is 3.53. The third-order valence-electron chi connectivity index (χ3n) is 3.74. The predicted molar refractivity (Wildman–Crippen MR) is 90.8 cm³/mol. The Bertz CT molecular complexity index is 872. The van der Waals surface area contributed by atoms with Crippen LogP contribution in [0.3, 0.4) is 0 Å². The number of nitrogens with one attached hydrogen (secondary N) is 1. The summed E-state index contributed by atoms with van der Waals surface area (Å²) in [5, 5.41) is 0.809. The van der Waals surface area contributed by atoms with Crippen molar-refractivity contribution in [1.29, 1.82) is 0 Å². The van der Waals surface area contributed by atoms with Gasteiger partial charge in [0.15, 0.2) is 0 Å². The van der Waals surface area contributed by atoms with Gasteiger partial charge < -0.3 is 9.88 Å². The molecule has 0 radical (unpaired) electrons. The molecule has 0 aliphatic heterocycles. The lowest BCUT2D eigenvalue weighted by molar-refractivity contribution is 0.0768. The summed E-state index contributed by atoms with van der Waals surface area (Å²) < 4.78 is 0. The molecular weight excluding hydrogens is 286 g/mol. The highest BCUT2D eigenvalue weighted by Gasteiger charge is 2.19. The molecule has 0 aliphatic carbocycles. The Balaban J connectivity index is 1.89. The minimum atomic E-state index is -0.0947. The first-order valence-electron chi connectivity index (χ1n) is 7.39. The lowest BCUT2D eigenvalue weighted by Crippen LogP contribution is -2.30. The van der Waals surface area contributed by atoms with E-state index in [-0.39, 0.29) is 12.5 Å². The van der Waals surface area contributed by atoms with Crippen LogP contribution < -0.4 is 0 Å². The van der Waals surface area contributed by atoms with E-state index < -0.39 is 0 Å². The van der Waals surface area contributed by atoms with E-state index in [1.54, 1.807) is 17.3 Å². The lowest BCUT2D eigenvalue weighted by Gasteiger charge is -2.20. The van der Waals surface area contributed by atoms with Crippen molar-refractivity contribution in [3.8, 4) is 12.3 Å². The third kappa shape index (κ3) is 3.09. The van der Waals surface area contributed by atoms with E-state index in [0.717, 1.165) is 10.9 Å². The van der Waals surface area contributed by atoms with Crippen LogP contribution in [0, 0.1) is 19.3 Å². The van der Waals surface area contributed by atoms with Crippen LogP contribution in [0.1, 0.15) is 21.5 Å². The number of amides is 1. The van der Waals surface area contributed by atoms with Gasteiger partial charge in [-0.05, 0) is 24.6 Å². The molecule has 0 bridgehead atoms. The number of carbonyl (C=O) groups is 1. The van der Waals surface area contributed by atoms with Crippen molar-refractivity contribution in [2.75, 3.05) is 6.54 Å². The van der Waals surface area contributed by atoms with Gasteiger partial charge in [0, 0.05) is 24.3 Å². The molecule has 23 heavy (non-hydrogen) atoms. The van der Waals surface area contributed by atoms with Crippen LogP contribution in [-0.4, -0.2) is 27.3 Å². The van der Waals surface area contributed by atoms with Crippen LogP contribution in [0.2, 0.25) is 0 Å². The van der Waals surface area contributed by atoms with Crippen LogP contribution in [0.5, 0.6) is 0 Å². The van der Waals surface area contributed by atoms with E-state index in [1.165, 1.54) is 5.56 Å². The topological polar surface area (TPSA) is 49.0 Å². The summed E-state index contributed by atoms with van der Waals surface area (Å²) in [6.07, 6.45) is 8.83. The summed E-state index contributed by atoms with van der Waals surface area (Å²) >= 11 is 0. The number of hydrogen-bond acceptors (Lipinski definition) is 2. The Labute approximate surface area is 135 Å². The van der Waals surface area contributed by atoms with Gasteiger partial charge in [0.1, 0.15) is 5.65 Å². The number of terminal acetylenes is 1. The summed E-state index contributed by atoms with van der Waals surface area (Å²) in [4.78, 5) is 21.8. The second-order valence-corrected chi connectivity index (χ2v) is 5.45.